The highest BCUT2D eigenvalue weighted by Gasteiger charge is 2.56. The molecule has 0 spiro atoms. The van der Waals surface area contributed by atoms with Crippen LogP contribution < -0.4 is 10.1 Å². The number of hydrogen-bond donors (Lipinski definition) is 1. The van der Waals surface area contributed by atoms with Gasteiger partial charge in [-0.05, 0) is 50.5 Å². The number of carbonyl (C=O) groups excluding carboxylic acids is 1. The van der Waals surface area contributed by atoms with E-state index >= 15 is 0 Å². The summed E-state index contributed by atoms with van der Waals surface area (Å²) in [5.74, 6) is 0.984. The minimum absolute atomic E-state index is 0.155. The molecule has 0 aliphatic heterocycles. The third-order valence-electron chi connectivity index (χ3n) is 5.53. The summed E-state index contributed by atoms with van der Waals surface area (Å²) in [6.07, 6.45) is 3.07. The topological polar surface area (TPSA) is 38.3 Å². The maximum Gasteiger partial charge on any atom is 0.285 e. The fourth-order valence-electron chi connectivity index (χ4n) is 3.39. The van der Waals surface area contributed by atoms with Crippen molar-refractivity contribution >= 4 is 11.6 Å². The molecule has 0 unspecified atom stereocenters. The number of nitrogens with zero attached hydrogens (tertiary/aromatic N) is 1. The van der Waals surface area contributed by atoms with Crippen molar-refractivity contribution in [2.24, 2.45) is 0 Å². The van der Waals surface area contributed by atoms with Gasteiger partial charge >= 0.3 is 0 Å². The lowest BCUT2D eigenvalue weighted by Gasteiger charge is -2.52. The highest BCUT2D eigenvalue weighted by Crippen LogP contribution is 2.42. The Hall–Kier alpha value is -1.55. The van der Waals surface area contributed by atoms with Crippen molar-refractivity contribution in [2.75, 3.05) is 33.1 Å². The maximum absolute atomic E-state index is 13.0. The molecule has 4 heteroatoms. The molecule has 0 atom stereocenters. The molecule has 2 rings (SSSR count). The lowest BCUT2D eigenvalue weighted by molar-refractivity contribution is -0.936. The van der Waals surface area contributed by atoms with E-state index in [1.54, 1.807) is 7.11 Å². The number of ether oxygens (including phenoxy) is 1. The molecule has 1 aliphatic rings. The number of benzene rings is 1. The molecule has 0 bridgehead atoms. The second-order valence-electron chi connectivity index (χ2n) is 6.98. The predicted molar refractivity (Wildman–Crippen MR) is 90.3 cm³/mol. The molecule has 0 heterocycles. The molecule has 1 saturated carbocycles. The number of amides is 1. The standard InChI is InChI=1S/C18H28N2O2/c1-7-20(4,5)18(9-8-10-18)17(21)19-16-13(2)11-15(22-6)12-14(16)3/h11-12H,7-10H2,1-6H3/p+1. The first kappa shape index (κ1) is 16.8. The summed E-state index contributed by atoms with van der Waals surface area (Å²) in [4.78, 5) is 13.0. The van der Waals surface area contributed by atoms with Crippen molar-refractivity contribution in [1.29, 1.82) is 0 Å². The van der Waals surface area contributed by atoms with Crippen molar-refractivity contribution in [3.05, 3.63) is 23.3 Å². The van der Waals surface area contributed by atoms with Gasteiger partial charge in [0.25, 0.3) is 5.91 Å². The van der Waals surface area contributed by atoms with Crippen molar-refractivity contribution in [3.63, 3.8) is 0 Å². The van der Waals surface area contributed by atoms with E-state index in [0.29, 0.717) is 0 Å². The van der Waals surface area contributed by atoms with Crippen LogP contribution in [0.25, 0.3) is 0 Å². The first-order chi connectivity index (χ1) is 10.3. The maximum atomic E-state index is 13.0. The Morgan fingerprint density at radius 1 is 1.27 bits per heavy atom. The van der Waals surface area contributed by atoms with Gasteiger partial charge in [0.15, 0.2) is 5.54 Å². The van der Waals surface area contributed by atoms with Crippen LogP contribution in [0.4, 0.5) is 5.69 Å². The van der Waals surface area contributed by atoms with E-state index in [1.807, 2.05) is 26.0 Å². The largest absolute Gasteiger partial charge is 0.497 e. The van der Waals surface area contributed by atoms with Crippen molar-refractivity contribution in [2.45, 2.75) is 45.6 Å². The van der Waals surface area contributed by atoms with E-state index < -0.39 is 0 Å². The van der Waals surface area contributed by atoms with Crippen LogP contribution >= 0.6 is 0 Å². The number of nitrogens with one attached hydrogen (secondary N) is 1. The lowest BCUT2D eigenvalue weighted by Crippen LogP contribution is -2.69. The van der Waals surface area contributed by atoms with E-state index in [0.717, 1.165) is 52.9 Å². The molecule has 0 radical (unpaired) electrons. The molecule has 0 saturated heterocycles. The Labute approximate surface area is 134 Å². The van der Waals surface area contributed by atoms with E-state index in [9.17, 15) is 4.79 Å². The Morgan fingerprint density at radius 2 is 1.82 bits per heavy atom. The van der Waals surface area contributed by atoms with Crippen molar-refractivity contribution < 1.29 is 14.0 Å². The monoisotopic (exact) mass is 305 g/mol. The van der Waals surface area contributed by atoms with Gasteiger partial charge in [-0.25, -0.2) is 0 Å². The van der Waals surface area contributed by atoms with Gasteiger partial charge in [0.2, 0.25) is 0 Å². The highest BCUT2D eigenvalue weighted by atomic mass is 16.5. The first-order valence-corrected chi connectivity index (χ1v) is 8.07. The Bertz CT molecular complexity index is 551. The molecule has 1 aromatic rings. The number of likely N-dealkylation sites (N-methyl/N-ethyl adjacent to an activating group) is 1. The Balaban J connectivity index is 2.29. The van der Waals surface area contributed by atoms with Gasteiger partial charge in [0.05, 0.1) is 27.7 Å². The zero-order valence-electron chi connectivity index (χ0n) is 14.7. The van der Waals surface area contributed by atoms with Gasteiger partial charge in [-0.15, -0.1) is 0 Å². The quantitative estimate of drug-likeness (QED) is 0.848. The van der Waals surface area contributed by atoms with Crippen LogP contribution in [0.1, 0.15) is 37.3 Å². The number of methoxy groups -OCH3 is 1. The second kappa shape index (κ2) is 5.92. The normalized spacial score (nSPS) is 16.8. The average Bonchev–Trinajstić information content (AvgIpc) is 2.40. The van der Waals surface area contributed by atoms with Gasteiger partial charge in [-0.2, -0.15) is 0 Å². The zero-order chi connectivity index (χ0) is 16.5. The van der Waals surface area contributed by atoms with Gasteiger partial charge in [-0.3, -0.25) is 4.79 Å². The minimum Gasteiger partial charge on any atom is -0.497 e. The smallest absolute Gasteiger partial charge is 0.285 e. The Morgan fingerprint density at radius 3 is 2.18 bits per heavy atom. The lowest BCUT2D eigenvalue weighted by atomic mass is 9.73. The minimum atomic E-state index is -0.284. The number of anilines is 1. The highest BCUT2D eigenvalue weighted by molar-refractivity contribution is 5.99. The number of carbonyl (C=O) groups is 1. The molecule has 1 amide bonds. The predicted octanol–water partition coefficient (Wildman–Crippen LogP) is 3.27. The molecular weight excluding hydrogens is 276 g/mol. The van der Waals surface area contributed by atoms with Gasteiger partial charge < -0.3 is 14.5 Å². The third-order valence-corrected chi connectivity index (χ3v) is 5.53. The molecular formula is C18H29N2O2+. The second-order valence-corrected chi connectivity index (χ2v) is 6.98. The molecule has 22 heavy (non-hydrogen) atoms. The van der Waals surface area contributed by atoms with Crippen LogP contribution in [-0.2, 0) is 4.79 Å². The van der Waals surface area contributed by atoms with E-state index in [-0.39, 0.29) is 11.4 Å². The zero-order valence-corrected chi connectivity index (χ0v) is 14.7. The first-order valence-electron chi connectivity index (χ1n) is 8.07. The number of aryl methyl sites for hydroxylation is 2. The number of rotatable bonds is 5. The number of quaternary nitrogens is 1. The third kappa shape index (κ3) is 2.60. The molecule has 1 aromatic carbocycles. The van der Waals surface area contributed by atoms with Crippen LogP contribution in [0, 0.1) is 13.8 Å². The summed E-state index contributed by atoms with van der Waals surface area (Å²) in [6.45, 7) is 7.13. The summed E-state index contributed by atoms with van der Waals surface area (Å²) in [5.41, 5.74) is 2.73. The Kier molecular flexibility index (Phi) is 4.52. The van der Waals surface area contributed by atoms with Gasteiger partial charge in [0.1, 0.15) is 5.75 Å². The fourth-order valence-corrected chi connectivity index (χ4v) is 3.39. The van der Waals surface area contributed by atoms with Crippen LogP contribution in [0.2, 0.25) is 0 Å². The molecule has 0 aromatic heterocycles. The fraction of sp³-hybridized carbons (Fsp3) is 0.611. The van der Waals surface area contributed by atoms with Crippen LogP contribution in [-0.4, -0.2) is 43.7 Å². The molecule has 1 fully saturated rings. The molecule has 1 aliphatic carbocycles. The van der Waals surface area contributed by atoms with Gasteiger partial charge in [-0.1, -0.05) is 0 Å². The average molecular weight is 305 g/mol. The van der Waals surface area contributed by atoms with Crippen LogP contribution in [0.15, 0.2) is 12.1 Å². The summed E-state index contributed by atoms with van der Waals surface area (Å²) < 4.78 is 6.03. The van der Waals surface area contributed by atoms with E-state index in [1.165, 1.54) is 0 Å². The molecule has 122 valence electrons. The van der Waals surface area contributed by atoms with Crippen LogP contribution in [0.3, 0.4) is 0 Å². The number of hydrogen-bond acceptors (Lipinski definition) is 2. The summed E-state index contributed by atoms with van der Waals surface area (Å²) >= 11 is 0. The van der Waals surface area contributed by atoms with Crippen molar-refractivity contribution in [1.82, 2.24) is 0 Å². The van der Waals surface area contributed by atoms with E-state index in [4.69, 9.17) is 4.74 Å². The SMILES string of the molecule is CC[N+](C)(C)C1(C(=O)Nc2c(C)cc(OC)cc2C)CCC1. The van der Waals surface area contributed by atoms with Gasteiger partial charge in [0, 0.05) is 18.5 Å². The summed E-state index contributed by atoms with van der Waals surface area (Å²) in [6, 6.07) is 3.94. The van der Waals surface area contributed by atoms with Crippen molar-refractivity contribution in [3.8, 4) is 5.75 Å². The summed E-state index contributed by atoms with van der Waals surface area (Å²) in [7, 11) is 5.98. The molecule has 4 nitrogen and oxygen atoms in total. The van der Waals surface area contributed by atoms with Crippen LogP contribution in [0.5, 0.6) is 5.75 Å². The summed E-state index contributed by atoms with van der Waals surface area (Å²) in [5, 5.41) is 3.20. The van der Waals surface area contributed by atoms with E-state index in [2.05, 4.69) is 26.3 Å². The molecule has 1 N–H and O–H groups in total.